The number of hydrogen-bond acceptors (Lipinski definition) is 3. The molecule has 0 atom stereocenters. The summed E-state index contributed by atoms with van der Waals surface area (Å²) >= 11 is 1.98. The van der Waals surface area contributed by atoms with Crippen LogP contribution >= 0.6 is 11.8 Å². The second-order valence-electron chi connectivity index (χ2n) is 4.49. The van der Waals surface area contributed by atoms with Crippen molar-refractivity contribution in [3.05, 3.63) is 0 Å². The molecule has 1 heterocycles. The highest BCUT2D eigenvalue weighted by Gasteiger charge is 2.15. The summed E-state index contributed by atoms with van der Waals surface area (Å²) in [6, 6.07) is 0. The Hall–Kier alpha value is -0.220. The van der Waals surface area contributed by atoms with Crippen LogP contribution in [0.1, 0.15) is 39.0 Å². The molecular weight excluding hydrogens is 232 g/mol. The van der Waals surface area contributed by atoms with Gasteiger partial charge >= 0.3 is 0 Å². The Kier molecular flexibility index (Phi) is 8.53. The molecule has 1 aliphatic heterocycles. The molecule has 1 N–H and O–H groups in total. The zero-order chi connectivity index (χ0) is 12.3. The van der Waals surface area contributed by atoms with Gasteiger partial charge in [0.05, 0.1) is 0 Å². The molecule has 1 rings (SSSR count). The van der Waals surface area contributed by atoms with Crippen LogP contribution in [0.25, 0.3) is 0 Å². The van der Waals surface area contributed by atoms with Gasteiger partial charge < -0.3 is 10.2 Å². The third-order valence-corrected chi connectivity index (χ3v) is 4.06. The van der Waals surface area contributed by atoms with Crippen LogP contribution in [0.4, 0.5) is 0 Å². The van der Waals surface area contributed by atoms with Gasteiger partial charge in [-0.15, -0.1) is 0 Å². The van der Waals surface area contributed by atoms with E-state index in [0.29, 0.717) is 12.3 Å². The zero-order valence-electron chi connectivity index (χ0n) is 11.0. The number of likely N-dealkylation sites (tertiary alicyclic amines) is 1. The van der Waals surface area contributed by atoms with Crippen LogP contribution in [0, 0.1) is 0 Å². The number of carbonyl (C=O) groups excluding carboxylic acids is 1. The number of hydrogen-bond donors (Lipinski definition) is 1. The minimum absolute atomic E-state index is 0.333. The predicted molar refractivity (Wildman–Crippen MR) is 75.5 cm³/mol. The van der Waals surface area contributed by atoms with Crippen LogP contribution in [0.5, 0.6) is 0 Å². The molecule has 1 amide bonds. The van der Waals surface area contributed by atoms with E-state index in [9.17, 15) is 4.79 Å². The molecule has 4 heteroatoms. The summed E-state index contributed by atoms with van der Waals surface area (Å²) < 4.78 is 0. The van der Waals surface area contributed by atoms with Crippen molar-refractivity contribution in [2.45, 2.75) is 39.0 Å². The summed E-state index contributed by atoms with van der Waals surface area (Å²) in [6.07, 6.45) is 5.54. The molecule has 17 heavy (non-hydrogen) atoms. The fourth-order valence-electron chi connectivity index (χ4n) is 2.07. The van der Waals surface area contributed by atoms with E-state index in [4.69, 9.17) is 0 Å². The van der Waals surface area contributed by atoms with E-state index in [0.717, 1.165) is 26.2 Å². The molecule has 0 aromatic carbocycles. The minimum atomic E-state index is 0.333. The fourth-order valence-corrected chi connectivity index (χ4v) is 2.70. The number of rotatable bonds is 8. The largest absolute Gasteiger partial charge is 0.343 e. The molecule has 3 nitrogen and oxygen atoms in total. The number of thioether (sulfide) groups is 1. The minimum Gasteiger partial charge on any atom is -0.343 e. The summed E-state index contributed by atoms with van der Waals surface area (Å²) in [6.45, 7) is 6.03. The van der Waals surface area contributed by atoms with Crippen LogP contribution in [-0.2, 0) is 4.79 Å². The average Bonchev–Trinajstić information content (AvgIpc) is 2.38. The standard InChI is InChI=1S/C13H26N2OS/c1-2-17-12-6-8-14-9-7-13(16)15-10-4-3-5-11-15/h14H,2-12H2,1H3. The van der Waals surface area contributed by atoms with Gasteiger partial charge in [0.1, 0.15) is 0 Å². The molecule has 0 radical (unpaired) electrons. The highest BCUT2D eigenvalue weighted by atomic mass is 32.2. The lowest BCUT2D eigenvalue weighted by atomic mass is 10.1. The van der Waals surface area contributed by atoms with Gasteiger partial charge in [0.15, 0.2) is 0 Å². The molecule has 1 fully saturated rings. The average molecular weight is 258 g/mol. The first-order valence-corrected chi connectivity index (χ1v) is 8.06. The summed E-state index contributed by atoms with van der Waals surface area (Å²) in [5.41, 5.74) is 0. The first-order valence-electron chi connectivity index (χ1n) is 6.91. The number of nitrogens with zero attached hydrogens (tertiary/aromatic N) is 1. The molecule has 0 aliphatic carbocycles. The van der Waals surface area contributed by atoms with Crippen LogP contribution < -0.4 is 5.32 Å². The van der Waals surface area contributed by atoms with E-state index < -0.39 is 0 Å². The molecule has 100 valence electrons. The lowest BCUT2D eigenvalue weighted by Crippen LogP contribution is -2.37. The number of piperidine rings is 1. The number of amides is 1. The summed E-state index contributed by atoms with van der Waals surface area (Å²) in [5.74, 6) is 2.76. The Balaban J connectivity index is 1.92. The Morgan fingerprint density at radius 3 is 2.71 bits per heavy atom. The summed E-state index contributed by atoms with van der Waals surface area (Å²) in [5, 5.41) is 3.35. The third-order valence-electron chi connectivity index (χ3n) is 3.07. The molecule has 1 aliphatic rings. The first kappa shape index (κ1) is 14.8. The Morgan fingerprint density at radius 2 is 2.00 bits per heavy atom. The monoisotopic (exact) mass is 258 g/mol. The second kappa shape index (κ2) is 9.77. The lowest BCUT2D eigenvalue weighted by molar-refractivity contribution is -0.131. The SMILES string of the molecule is CCSCCCNCCC(=O)N1CCCCC1. The van der Waals surface area contributed by atoms with Gasteiger partial charge in [-0.2, -0.15) is 11.8 Å². The van der Waals surface area contributed by atoms with Crippen molar-refractivity contribution < 1.29 is 4.79 Å². The van der Waals surface area contributed by atoms with Crippen molar-refractivity contribution >= 4 is 17.7 Å². The fraction of sp³-hybridized carbons (Fsp3) is 0.923. The molecule has 0 aromatic heterocycles. The van der Waals surface area contributed by atoms with Crippen LogP contribution in [-0.4, -0.2) is 48.5 Å². The quantitative estimate of drug-likeness (QED) is 0.677. The van der Waals surface area contributed by atoms with Crippen molar-refractivity contribution in [1.82, 2.24) is 10.2 Å². The Bertz CT molecular complexity index is 206. The topological polar surface area (TPSA) is 32.3 Å². The molecule has 0 unspecified atom stereocenters. The van der Waals surface area contributed by atoms with E-state index >= 15 is 0 Å². The van der Waals surface area contributed by atoms with Gasteiger partial charge in [0.2, 0.25) is 5.91 Å². The molecule has 0 bridgehead atoms. The van der Waals surface area contributed by atoms with E-state index in [1.165, 1.54) is 37.2 Å². The van der Waals surface area contributed by atoms with Gasteiger partial charge in [-0.3, -0.25) is 4.79 Å². The van der Waals surface area contributed by atoms with Gasteiger partial charge in [-0.25, -0.2) is 0 Å². The third kappa shape index (κ3) is 6.94. The van der Waals surface area contributed by atoms with Gasteiger partial charge in [-0.05, 0) is 43.7 Å². The maximum absolute atomic E-state index is 11.8. The van der Waals surface area contributed by atoms with Crippen molar-refractivity contribution in [1.29, 1.82) is 0 Å². The van der Waals surface area contributed by atoms with Crippen LogP contribution in [0.3, 0.4) is 0 Å². The highest BCUT2D eigenvalue weighted by Crippen LogP contribution is 2.09. The van der Waals surface area contributed by atoms with Crippen molar-refractivity contribution in [2.24, 2.45) is 0 Å². The second-order valence-corrected chi connectivity index (χ2v) is 5.89. The maximum Gasteiger partial charge on any atom is 0.223 e. The van der Waals surface area contributed by atoms with E-state index in [2.05, 4.69) is 12.2 Å². The number of nitrogens with one attached hydrogen (secondary N) is 1. The van der Waals surface area contributed by atoms with Gasteiger partial charge in [-0.1, -0.05) is 6.92 Å². The van der Waals surface area contributed by atoms with Crippen molar-refractivity contribution in [3.8, 4) is 0 Å². The number of carbonyl (C=O) groups is 1. The van der Waals surface area contributed by atoms with E-state index in [-0.39, 0.29) is 0 Å². The van der Waals surface area contributed by atoms with E-state index in [1.807, 2.05) is 16.7 Å². The van der Waals surface area contributed by atoms with Gasteiger partial charge in [0.25, 0.3) is 0 Å². The van der Waals surface area contributed by atoms with Gasteiger partial charge in [0, 0.05) is 26.1 Å². The Labute approximate surface area is 110 Å². The first-order chi connectivity index (χ1) is 8.34. The molecule has 0 aromatic rings. The normalized spacial score (nSPS) is 16.2. The maximum atomic E-state index is 11.8. The van der Waals surface area contributed by atoms with Crippen LogP contribution in [0.15, 0.2) is 0 Å². The van der Waals surface area contributed by atoms with Crippen molar-refractivity contribution in [3.63, 3.8) is 0 Å². The predicted octanol–water partition coefficient (Wildman–Crippen LogP) is 2.12. The molecule has 1 saturated heterocycles. The highest BCUT2D eigenvalue weighted by molar-refractivity contribution is 7.99. The zero-order valence-corrected chi connectivity index (χ0v) is 11.9. The lowest BCUT2D eigenvalue weighted by Gasteiger charge is -2.26. The van der Waals surface area contributed by atoms with Crippen molar-refractivity contribution in [2.75, 3.05) is 37.7 Å². The molecule has 0 saturated carbocycles. The summed E-state index contributed by atoms with van der Waals surface area (Å²) in [7, 11) is 0. The van der Waals surface area contributed by atoms with E-state index in [1.54, 1.807) is 0 Å². The van der Waals surface area contributed by atoms with Crippen LogP contribution in [0.2, 0.25) is 0 Å². The summed E-state index contributed by atoms with van der Waals surface area (Å²) in [4.78, 5) is 13.8. The Morgan fingerprint density at radius 1 is 1.24 bits per heavy atom. The smallest absolute Gasteiger partial charge is 0.223 e. The molecular formula is C13H26N2OS. The molecule has 0 spiro atoms.